The van der Waals surface area contributed by atoms with Gasteiger partial charge in [0.1, 0.15) is 12.4 Å². The van der Waals surface area contributed by atoms with E-state index in [1.807, 2.05) is 25.2 Å². The Balaban J connectivity index is 2.34. The molecule has 4 nitrogen and oxygen atoms in total. The van der Waals surface area contributed by atoms with Crippen LogP contribution >= 0.6 is 0 Å². The first-order valence-electron chi connectivity index (χ1n) is 5.51. The van der Waals surface area contributed by atoms with Crippen molar-refractivity contribution >= 4 is 5.69 Å². The molecule has 0 saturated carbocycles. The van der Waals surface area contributed by atoms with Crippen LogP contribution < -0.4 is 15.4 Å². The molecule has 0 amide bonds. The largest absolute Gasteiger partial charge is 0.490 e. The molecule has 0 spiro atoms. The minimum atomic E-state index is -0.624. The van der Waals surface area contributed by atoms with Crippen LogP contribution in [0, 0.1) is 0 Å². The molecule has 0 radical (unpaired) electrons. The van der Waals surface area contributed by atoms with Gasteiger partial charge in [-0.05, 0) is 24.6 Å². The Morgan fingerprint density at radius 1 is 1.50 bits per heavy atom. The van der Waals surface area contributed by atoms with Gasteiger partial charge in [0.2, 0.25) is 0 Å². The zero-order valence-electron chi connectivity index (χ0n) is 9.68. The van der Waals surface area contributed by atoms with E-state index in [1.165, 1.54) is 0 Å². The van der Waals surface area contributed by atoms with E-state index < -0.39 is 6.10 Å². The summed E-state index contributed by atoms with van der Waals surface area (Å²) in [4.78, 5) is 2.12. The van der Waals surface area contributed by atoms with Gasteiger partial charge in [0, 0.05) is 13.1 Å². The Morgan fingerprint density at radius 2 is 2.25 bits per heavy atom. The lowest BCUT2D eigenvalue weighted by atomic mass is 10.0. The minimum Gasteiger partial charge on any atom is -0.490 e. The summed E-state index contributed by atoms with van der Waals surface area (Å²) in [6, 6.07) is 5.44. The molecule has 1 aromatic carbocycles. The van der Waals surface area contributed by atoms with Gasteiger partial charge in [-0.3, -0.25) is 0 Å². The van der Waals surface area contributed by atoms with Crippen molar-refractivity contribution in [1.82, 2.24) is 0 Å². The molecule has 1 aliphatic rings. The third-order valence-electron chi connectivity index (χ3n) is 2.92. The molecule has 2 atom stereocenters. The summed E-state index contributed by atoms with van der Waals surface area (Å²) >= 11 is 0. The van der Waals surface area contributed by atoms with Crippen molar-refractivity contribution in [2.75, 3.05) is 25.1 Å². The van der Waals surface area contributed by atoms with Crippen molar-refractivity contribution in [3.05, 3.63) is 23.8 Å². The number of hydrogen-bond donors (Lipinski definition) is 2. The van der Waals surface area contributed by atoms with Crippen LogP contribution in [0.1, 0.15) is 18.6 Å². The van der Waals surface area contributed by atoms with Gasteiger partial charge in [-0.1, -0.05) is 6.07 Å². The van der Waals surface area contributed by atoms with Crippen molar-refractivity contribution in [3.8, 4) is 5.75 Å². The lowest BCUT2D eigenvalue weighted by molar-refractivity contribution is 0.153. The number of aliphatic hydroxyl groups is 1. The number of nitrogens with zero attached hydrogens (tertiary/aromatic N) is 1. The molecule has 2 unspecified atom stereocenters. The van der Waals surface area contributed by atoms with Gasteiger partial charge in [0.15, 0.2) is 0 Å². The maximum Gasteiger partial charge on any atom is 0.142 e. The van der Waals surface area contributed by atoms with Crippen molar-refractivity contribution < 1.29 is 9.84 Å². The monoisotopic (exact) mass is 222 g/mol. The number of anilines is 1. The van der Waals surface area contributed by atoms with Gasteiger partial charge in [-0.15, -0.1) is 0 Å². The Labute approximate surface area is 95.6 Å². The Kier molecular flexibility index (Phi) is 3.03. The fraction of sp³-hybridized carbons (Fsp3) is 0.500. The zero-order valence-corrected chi connectivity index (χ0v) is 9.68. The summed E-state index contributed by atoms with van der Waals surface area (Å²) < 4.78 is 5.53. The first-order chi connectivity index (χ1) is 7.59. The predicted molar refractivity (Wildman–Crippen MR) is 63.8 cm³/mol. The first-order valence-corrected chi connectivity index (χ1v) is 5.51. The summed E-state index contributed by atoms with van der Waals surface area (Å²) in [7, 11) is 2.02. The van der Waals surface area contributed by atoms with Crippen LogP contribution in [0.3, 0.4) is 0 Å². The maximum atomic E-state index is 9.90. The van der Waals surface area contributed by atoms with Gasteiger partial charge in [0.05, 0.1) is 18.3 Å². The highest BCUT2D eigenvalue weighted by Gasteiger charge is 2.19. The summed E-state index contributed by atoms with van der Waals surface area (Å²) in [6.45, 7) is 3.37. The van der Waals surface area contributed by atoms with Gasteiger partial charge < -0.3 is 20.5 Å². The Bertz CT molecular complexity index is 379. The van der Waals surface area contributed by atoms with E-state index in [0.29, 0.717) is 6.61 Å². The molecule has 1 aromatic rings. The summed E-state index contributed by atoms with van der Waals surface area (Å²) in [5.41, 5.74) is 7.54. The fourth-order valence-corrected chi connectivity index (χ4v) is 1.86. The average molecular weight is 222 g/mol. The molecule has 0 fully saturated rings. The van der Waals surface area contributed by atoms with E-state index in [2.05, 4.69) is 4.90 Å². The highest BCUT2D eigenvalue weighted by atomic mass is 16.5. The number of rotatable bonds is 2. The number of nitrogens with two attached hydrogens (primary N) is 1. The van der Waals surface area contributed by atoms with Crippen LogP contribution in [0.15, 0.2) is 18.2 Å². The molecule has 0 bridgehead atoms. The zero-order chi connectivity index (χ0) is 11.7. The number of hydrogen-bond acceptors (Lipinski definition) is 4. The summed E-state index contributed by atoms with van der Waals surface area (Å²) in [5, 5.41) is 9.90. The molecule has 3 N–H and O–H groups in total. The summed E-state index contributed by atoms with van der Waals surface area (Å²) in [5.74, 6) is 0.870. The van der Waals surface area contributed by atoms with E-state index >= 15 is 0 Å². The molecule has 88 valence electrons. The second kappa shape index (κ2) is 4.31. The van der Waals surface area contributed by atoms with Crippen molar-refractivity contribution in [2.45, 2.75) is 19.1 Å². The quantitative estimate of drug-likeness (QED) is 0.780. The lowest BCUT2D eigenvalue weighted by Crippen LogP contribution is -2.29. The predicted octanol–water partition coefficient (Wildman–Crippen LogP) is 0.896. The molecule has 16 heavy (non-hydrogen) atoms. The highest BCUT2D eigenvalue weighted by molar-refractivity contribution is 5.61. The second-order valence-corrected chi connectivity index (χ2v) is 4.30. The van der Waals surface area contributed by atoms with E-state index in [-0.39, 0.29) is 6.04 Å². The van der Waals surface area contributed by atoms with Crippen LogP contribution in [0.2, 0.25) is 0 Å². The highest BCUT2D eigenvalue weighted by Crippen LogP contribution is 2.33. The number of fused-ring (bicyclic) bond motifs is 1. The topological polar surface area (TPSA) is 58.7 Å². The molecule has 4 heteroatoms. The third-order valence-corrected chi connectivity index (χ3v) is 2.92. The normalized spacial score (nSPS) is 18.6. The van der Waals surface area contributed by atoms with Crippen LogP contribution in [-0.2, 0) is 0 Å². The van der Waals surface area contributed by atoms with Crippen LogP contribution in [0.25, 0.3) is 0 Å². The van der Waals surface area contributed by atoms with Crippen LogP contribution in [0.4, 0.5) is 5.69 Å². The van der Waals surface area contributed by atoms with Crippen LogP contribution in [0.5, 0.6) is 5.75 Å². The number of ether oxygens (including phenoxy) is 1. The smallest absolute Gasteiger partial charge is 0.142 e. The van der Waals surface area contributed by atoms with Crippen molar-refractivity contribution in [2.24, 2.45) is 5.73 Å². The molecule has 1 heterocycles. The molecule has 0 saturated heterocycles. The van der Waals surface area contributed by atoms with Gasteiger partial charge in [0.25, 0.3) is 0 Å². The molecular weight excluding hydrogens is 204 g/mol. The molecule has 0 aliphatic carbocycles. The molecule has 0 aromatic heterocycles. The third kappa shape index (κ3) is 1.99. The van der Waals surface area contributed by atoms with Gasteiger partial charge in [-0.2, -0.15) is 0 Å². The standard InChI is InChI=1S/C12H18N2O2/c1-8(13)12(15)9-3-4-11-10(7-9)14(2)5-6-16-11/h3-4,7-8,12,15H,5-6,13H2,1-2H3. The van der Waals surface area contributed by atoms with Crippen molar-refractivity contribution in [1.29, 1.82) is 0 Å². The van der Waals surface area contributed by atoms with Crippen molar-refractivity contribution in [3.63, 3.8) is 0 Å². The minimum absolute atomic E-state index is 0.270. The number of aliphatic hydroxyl groups excluding tert-OH is 1. The number of benzene rings is 1. The molecule has 1 aliphatic heterocycles. The molecular formula is C12H18N2O2. The maximum absolute atomic E-state index is 9.90. The lowest BCUT2D eigenvalue weighted by Gasteiger charge is -2.29. The SMILES string of the molecule is CC(N)C(O)c1ccc2c(c1)N(C)CCO2. The fourth-order valence-electron chi connectivity index (χ4n) is 1.86. The Morgan fingerprint density at radius 3 is 2.94 bits per heavy atom. The van der Waals surface area contributed by atoms with Gasteiger partial charge >= 0.3 is 0 Å². The summed E-state index contributed by atoms with van der Waals surface area (Å²) in [6.07, 6.45) is -0.624. The van der Waals surface area contributed by atoms with E-state index in [0.717, 1.165) is 23.5 Å². The van der Waals surface area contributed by atoms with E-state index in [4.69, 9.17) is 10.5 Å². The van der Waals surface area contributed by atoms with Crippen LogP contribution in [-0.4, -0.2) is 31.3 Å². The van der Waals surface area contributed by atoms with E-state index in [9.17, 15) is 5.11 Å². The van der Waals surface area contributed by atoms with Gasteiger partial charge in [-0.25, -0.2) is 0 Å². The number of likely N-dealkylation sites (N-methyl/N-ethyl adjacent to an activating group) is 1. The first kappa shape index (κ1) is 11.2. The average Bonchev–Trinajstić information content (AvgIpc) is 2.28. The second-order valence-electron chi connectivity index (χ2n) is 4.30. The van der Waals surface area contributed by atoms with E-state index in [1.54, 1.807) is 6.92 Å². The Hall–Kier alpha value is -1.26. The molecule has 2 rings (SSSR count).